The van der Waals surface area contributed by atoms with E-state index in [1.807, 2.05) is 19.1 Å². The fourth-order valence-electron chi connectivity index (χ4n) is 3.35. The average Bonchev–Trinajstić information content (AvgIpc) is 2.81. The van der Waals surface area contributed by atoms with Crippen molar-refractivity contribution >= 4 is 47.4 Å². The van der Waals surface area contributed by atoms with Gasteiger partial charge >= 0.3 is 0 Å². The third-order valence-electron chi connectivity index (χ3n) is 4.98. The van der Waals surface area contributed by atoms with E-state index in [1.165, 1.54) is 12.4 Å². The first-order chi connectivity index (χ1) is 16.0. The lowest BCUT2D eigenvalue weighted by molar-refractivity contribution is 0.529. The number of hydrogen-bond acceptors (Lipinski definition) is 8. The minimum Gasteiger partial charge on any atom is -0.356 e. The van der Waals surface area contributed by atoms with Gasteiger partial charge in [-0.25, -0.2) is 9.37 Å². The van der Waals surface area contributed by atoms with Crippen molar-refractivity contribution in [1.29, 1.82) is 10.8 Å². The number of allylic oxidation sites excluding steroid dienone is 3. The molecule has 0 radical (unpaired) electrons. The van der Waals surface area contributed by atoms with Gasteiger partial charge in [0.1, 0.15) is 6.67 Å². The number of pyridine rings is 2. The third kappa shape index (κ3) is 5.69. The van der Waals surface area contributed by atoms with Crippen molar-refractivity contribution in [3.63, 3.8) is 0 Å². The Morgan fingerprint density at radius 1 is 1.30 bits per heavy atom. The van der Waals surface area contributed by atoms with Gasteiger partial charge < -0.3 is 21.5 Å². The zero-order valence-corrected chi connectivity index (χ0v) is 18.8. The minimum atomic E-state index is -0.815. The lowest BCUT2D eigenvalue weighted by Crippen LogP contribution is -2.22. The first-order valence-corrected chi connectivity index (χ1v) is 10.5. The smallest absolute Gasteiger partial charge is 0.165 e. The lowest BCUT2D eigenvalue weighted by atomic mass is 9.93. The monoisotopic (exact) mass is 466 g/mol. The Hall–Kier alpha value is -3.85. The fourth-order valence-corrected chi connectivity index (χ4v) is 3.55. The summed E-state index contributed by atoms with van der Waals surface area (Å²) in [7, 11) is 0. The van der Waals surface area contributed by atoms with Crippen LogP contribution in [0.15, 0.2) is 64.8 Å². The summed E-state index contributed by atoms with van der Waals surface area (Å²) in [5.74, 6) is 0.312. The summed E-state index contributed by atoms with van der Waals surface area (Å²) in [5.41, 5.74) is 7.71. The number of rotatable bonds is 10. The van der Waals surface area contributed by atoms with Crippen molar-refractivity contribution in [3.8, 4) is 0 Å². The quantitative estimate of drug-likeness (QED) is 0.193. The Labute approximate surface area is 196 Å². The van der Waals surface area contributed by atoms with Gasteiger partial charge in [0, 0.05) is 46.9 Å². The van der Waals surface area contributed by atoms with Crippen molar-refractivity contribution in [2.45, 2.75) is 19.8 Å². The molecule has 0 bridgehead atoms. The summed E-state index contributed by atoms with van der Waals surface area (Å²) in [6, 6.07) is 5.40. The predicted octanol–water partition coefficient (Wildman–Crippen LogP) is 4.94. The number of aryl methyl sites for hydroxylation is 1. The molecule has 0 unspecified atom stereocenters. The number of hydrazone groups is 1. The predicted molar refractivity (Wildman–Crippen MR) is 133 cm³/mol. The van der Waals surface area contributed by atoms with Gasteiger partial charge in [-0.3, -0.25) is 10.4 Å². The number of hydrogen-bond donors (Lipinski definition) is 5. The van der Waals surface area contributed by atoms with E-state index in [0.717, 1.165) is 47.8 Å². The van der Waals surface area contributed by atoms with Crippen LogP contribution in [0.5, 0.6) is 0 Å². The molecule has 0 saturated heterocycles. The molecule has 0 saturated carbocycles. The number of nitrogens with zero attached hydrogens (tertiary/aromatic N) is 3. The molecule has 0 aromatic carbocycles. The number of nitrogens with one attached hydrogen (secondary N) is 5. The summed E-state index contributed by atoms with van der Waals surface area (Å²) >= 11 is 6.22. The standard InChI is InChI=1S/C23H24ClFN8/c1-14-5-6-20-17(4-3-8-28-20)22(14)32-21(11-25)18(12-27)15(2)31-16-10-19(24)23(29-13-16)33-30-9-7-26/h3-4,7-10,12-13,26-27,31-32H,2,5-6,11H2,1H3,(H,29,33)/b21-18+,26-7?,27-12?,30-9-. The van der Waals surface area contributed by atoms with Gasteiger partial charge in [-0.2, -0.15) is 5.10 Å². The first kappa shape index (κ1) is 23.8. The summed E-state index contributed by atoms with van der Waals surface area (Å²) in [6.45, 7) is 5.15. The molecule has 0 amide bonds. The molecule has 8 nitrogen and oxygen atoms in total. The van der Waals surface area contributed by atoms with Gasteiger partial charge in [-0.05, 0) is 43.5 Å². The first-order valence-electron chi connectivity index (χ1n) is 10.1. The van der Waals surface area contributed by atoms with E-state index in [-0.39, 0.29) is 16.3 Å². The second-order valence-corrected chi connectivity index (χ2v) is 7.57. The van der Waals surface area contributed by atoms with E-state index < -0.39 is 6.67 Å². The highest BCUT2D eigenvalue weighted by Crippen LogP contribution is 2.30. The molecule has 1 aliphatic carbocycles. The molecule has 0 spiro atoms. The van der Waals surface area contributed by atoms with E-state index in [0.29, 0.717) is 17.2 Å². The number of halogens is 2. The molecule has 10 heteroatoms. The lowest BCUT2D eigenvalue weighted by Gasteiger charge is -2.24. The number of anilines is 2. The summed E-state index contributed by atoms with van der Waals surface area (Å²) in [6.07, 6.45) is 8.21. The van der Waals surface area contributed by atoms with Gasteiger partial charge in [-0.15, -0.1) is 0 Å². The van der Waals surface area contributed by atoms with Crippen LogP contribution in [0.1, 0.15) is 24.6 Å². The minimum absolute atomic E-state index is 0.215. The van der Waals surface area contributed by atoms with E-state index in [1.54, 1.807) is 12.3 Å². The molecule has 0 atom stereocenters. The Morgan fingerprint density at radius 2 is 2.12 bits per heavy atom. The van der Waals surface area contributed by atoms with E-state index in [2.05, 4.69) is 37.7 Å². The Morgan fingerprint density at radius 3 is 2.82 bits per heavy atom. The van der Waals surface area contributed by atoms with Crippen LogP contribution in [0.3, 0.4) is 0 Å². The molecule has 2 aromatic heterocycles. The highest BCUT2D eigenvalue weighted by molar-refractivity contribution is 6.33. The van der Waals surface area contributed by atoms with Crippen molar-refractivity contribution in [2.24, 2.45) is 5.10 Å². The van der Waals surface area contributed by atoms with Crippen molar-refractivity contribution < 1.29 is 4.39 Å². The number of fused-ring (bicyclic) bond motifs is 1. The maximum Gasteiger partial charge on any atom is 0.165 e. The van der Waals surface area contributed by atoms with Crippen LogP contribution in [0.4, 0.5) is 15.9 Å². The largest absolute Gasteiger partial charge is 0.356 e. The second kappa shape index (κ2) is 11.1. The molecule has 1 aliphatic rings. The van der Waals surface area contributed by atoms with Crippen LogP contribution in [-0.4, -0.2) is 35.3 Å². The van der Waals surface area contributed by atoms with Gasteiger partial charge in [-0.1, -0.05) is 18.2 Å². The van der Waals surface area contributed by atoms with Gasteiger partial charge in [0.25, 0.3) is 0 Å². The normalized spacial score (nSPS) is 13.8. The van der Waals surface area contributed by atoms with Crippen molar-refractivity contribution in [2.75, 3.05) is 17.4 Å². The van der Waals surface area contributed by atoms with Gasteiger partial charge in [0.05, 0.1) is 28.8 Å². The van der Waals surface area contributed by atoms with Crippen LogP contribution in [0.25, 0.3) is 5.70 Å². The Bertz CT molecular complexity index is 1170. The zero-order chi connectivity index (χ0) is 23.8. The summed E-state index contributed by atoms with van der Waals surface area (Å²) < 4.78 is 14.1. The summed E-state index contributed by atoms with van der Waals surface area (Å²) in [5, 5.41) is 25.0. The SMILES string of the molecule is C=C(Nc1cnc(N/N=C\C=N)c(Cl)c1)/C(C=N)=C(\CF)NC1=C(C)CCc2ncccc21. The average molecular weight is 467 g/mol. The zero-order valence-electron chi connectivity index (χ0n) is 18.0. The van der Waals surface area contributed by atoms with E-state index >= 15 is 0 Å². The Kier molecular flexibility index (Phi) is 8.04. The molecule has 3 rings (SSSR count). The van der Waals surface area contributed by atoms with Gasteiger partial charge in [0.2, 0.25) is 0 Å². The second-order valence-electron chi connectivity index (χ2n) is 7.16. The molecular weight excluding hydrogens is 443 g/mol. The molecule has 2 aromatic rings. The fraction of sp³-hybridized carbons (Fsp3) is 0.174. The Balaban J connectivity index is 1.84. The van der Waals surface area contributed by atoms with Gasteiger partial charge in [0.15, 0.2) is 5.82 Å². The highest BCUT2D eigenvalue weighted by atomic mass is 35.5. The van der Waals surface area contributed by atoms with Crippen LogP contribution in [0, 0.1) is 10.8 Å². The highest BCUT2D eigenvalue weighted by Gasteiger charge is 2.20. The van der Waals surface area contributed by atoms with Crippen LogP contribution in [0.2, 0.25) is 5.02 Å². The van der Waals surface area contributed by atoms with Crippen LogP contribution >= 0.6 is 11.6 Å². The third-order valence-corrected chi connectivity index (χ3v) is 5.27. The summed E-state index contributed by atoms with van der Waals surface area (Å²) in [4.78, 5) is 8.60. The molecule has 0 aliphatic heterocycles. The van der Waals surface area contributed by atoms with Crippen molar-refractivity contribution in [3.05, 3.63) is 76.0 Å². The van der Waals surface area contributed by atoms with Crippen molar-refractivity contribution in [1.82, 2.24) is 15.3 Å². The van der Waals surface area contributed by atoms with Crippen LogP contribution < -0.4 is 16.1 Å². The molecular formula is C23H24ClFN8. The topological polar surface area (TPSA) is 122 Å². The molecule has 0 fully saturated rings. The number of alkyl halides is 1. The molecule has 170 valence electrons. The van der Waals surface area contributed by atoms with Crippen LogP contribution in [-0.2, 0) is 6.42 Å². The molecule has 2 heterocycles. The maximum absolute atomic E-state index is 14.1. The maximum atomic E-state index is 14.1. The number of aromatic nitrogens is 2. The molecule has 5 N–H and O–H groups in total. The molecule has 33 heavy (non-hydrogen) atoms. The van der Waals surface area contributed by atoms with E-state index in [9.17, 15) is 4.39 Å². The van der Waals surface area contributed by atoms with E-state index in [4.69, 9.17) is 22.4 Å².